The van der Waals surface area contributed by atoms with Gasteiger partial charge in [0.2, 0.25) is 0 Å². The molecule has 0 fully saturated rings. The highest BCUT2D eigenvalue weighted by Crippen LogP contribution is 2.19. The van der Waals surface area contributed by atoms with Crippen LogP contribution in [-0.4, -0.2) is 25.3 Å². The molecule has 0 aromatic carbocycles. The predicted molar refractivity (Wildman–Crippen MR) is 88.5 cm³/mol. The Morgan fingerprint density at radius 1 is 0.952 bits per heavy atom. The van der Waals surface area contributed by atoms with Gasteiger partial charge in [-0.25, -0.2) is 0 Å². The van der Waals surface area contributed by atoms with Crippen molar-refractivity contribution in [3.63, 3.8) is 0 Å². The molecular formula is C18H36O3. The van der Waals surface area contributed by atoms with Crippen molar-refractivity contribution in [2.24, 2.45) is 0 Å². The number of aldehydes is 1. The molecule has 0 N–H and O–H groups in total. The normalized spacial score (nSPS) is 13.3. The Morgan fingerprint density at radius 2 is 1.48 bits per heavy atom. The molecule has 0 saturated heterocycles. The van der Waals surface area contributed by atoms with Crippen molar-refractivity contribution in [1.82, 2.24) is 0 Å². The fourth-order valence-corrected chi connectivity index (χ4v) is 2.46. The molecule has 126 valence electrons. The van der Waals surface area contributed by atoms with Crippen LogP contribution in [0.1, 0.15) is 91.4 Å². The number of ether oxygens (including phenoxy) is 2. The zero-order valence-electron chi connectivity index (χ0n) is 14.7. The van der Waals surface area contributed by atoms with E-state index in [-0.39, 0.29) is 6.10 Å². The molecule has 0 amide bonds. The largest absolute Gasteiger partial charge is 0.354 e. The highest BCUT2D eigenvalue weighted by molar-refractivity contribution is 5.50. The highest BCUT2D eigenvalue weighted by atomic mass is 16.7. The van der Waals surface area contributed by atoms with Gasteiger partial charge in [0, 0.05) is 13.5 Å². The first-order chi connectivity index (χ1) is 10.1. The van der Waals surface area contributed by atoms with Crippen LogP contribution in [0.15, 0.2) is 0 Å². The summed E-state index contributed by atoms with van der Waals surface area (Å²) < 4.78 is 11.1. The van der Waals surface area contributed by atoms with E-state index in [2.05, 4.69) is 6.92 Å². The Balaban J connectivity index is 3.63. The molecule has 1 atom stereocenters. The monoisotopic (exact) mass is 300 g/mol. The molecular weight excluding hydrogens is 264 g/mol. The minimum atomic E-state index is -0.604. The molecule has 3 nitrogen and oxygen atoms in total. The molecule has 0 aliphatic rings. The average Bonchev–Trinajstić information content (AvgIpc) is 2.45. The van der Waals surface area contributed by atoms with Crippen LogP contribution >= 0.6 is 0 Å². The van der Waals surface area contributed by atoms with Gasteiger partial charge in [-0.2, -0.15) is 0 Å². The van der Waals surface area contributed by atoms with Crippen LogP contribution in [-0.2, 0) is 14.3 Å². The number of carbonyl (C=O) groups excluding carboxylic acids is 1. The Labute approximate surface area is 131 Å². The molecule has 0 aliphatic carbocycles. The quantitative estimate of drug-likeness (QED) is 0.235. The molecule has 0 rings (SSSR count). The Morgan fingerprint density at radius 3 is 1.95 bits per heavy atom. The Hall–Kier alpha value is -0.410. The lowest BCUT2D eigenvalue weighted by Crippen LogP contribution is -2.32. The van der Waals surface area contributed by atoms with E-state index < -0.39 is 5.79 Å². The standard InChI is InChI=1S/C18H36O3/c1-5-6-7-8-9-10-11-12-13-14-17(15-16-19)21-18(2,3)20-4/h16-17H,5-15H2,1-4H3/t17-/m1/s1. The van der Waals surface area contributed by atoms with Crippen LogP contribution in [0.25, 0.3) is 0 Å². The summed E-state index contributed by atoms with van der Waals surface area (Å²) in [6.07, 6.45) is 14.2. The summed E-state index contributed by atoms with van der Waals surface area (Å²) in [5, 5.41) is 0. The van der Waals surface area contributed by atoms with Gasteiger partial charge in [0.15, 0.2) is 5.79 Å². The van der Waals surface area contributed by atoms with E-state index in [0.717, 1.165) is 19.1 Å². The maximum atomic E-state index is 10.7. The van der Waals surface area contributed by atoms with Crippen molar-refractivity contribution in [2.45, 2.75) is 103 Å². The fourth-order valence-electron chi connectivity index (χ4n) is 2.46. The Kier molecular flexibility index (Phi) is 13.0. The van der Waals surface area contributed by atoms with E-state index in [1.807, 2.05) is 13.8 Å². The number of rotatable bonds is 15. The van der Waals surface area contributed by atoms with E-state index in [9.17, 15) is 4.79 Å². The Bertz CT molecular complexity index is 239. The van der Waals surface area contributed by atoms with Crippen molar-refractivity contribution < 1.29 is 14.3 Å². The van der Waals surface area contributed by atoms with Gasteiger partial charge in [0.05, 0.1) is 6.10 Å². The summed E-state index contributed by atoms with van der Waals surface area (Å²) in [6.45, 7) is 6.03. The summed E-state index contributed by atoms with van der Waals surface area (Å²) >= 11 is 0. The number of carbonyl (C=O) groups is 1. The van der Waals surface area contributed by atoms with E-state index >= 15 is 0 Å². The summed E-state index contributed by atoms with van der Waals surface area (Å²) in [4.78, 5) is 10.7. The maximum Gasteiger partial charge on any atom is 0.162 e. The lowest BCUT2D eigenvalue weighted by molar-refractivity contribution is -0.224. The molecule has 0 aromatic rings. The van der Waals surface area contributed by atoms with Gasteiger partial charge in [-0.15, -0.1) is 0 Å². The van der Waals surface area contributed by atoms with Crippen molar-refractivity contribution >= 4 is 6.29 Å². The molecule has 0 spiro atoms. The van der Waals surface area contributed by atoms with Crippen LogP contribution in [0.5, 0.6) is 0 Å². The van der Waals surface area contributed by atoms with E-state index in [0.29, 0.717) is 6.42 Å². The van der Waals surface area contributed by atoms with Crippen LogP contribution in [0.4, 0.5) is 0 Å². The lowest BCUT2D eigenvalue weighted by atomic mass is 10.0. The molecule has 0 radical (unpaired) electrons. The summed E-state index contributed by atoms with van der Waals surface area (Å²) in [7, 11) is 1.64. The third-order valence-corrected chi connectivity index (χ3v) is 3.93. The SMILES string of the molecule is CCCCCCCCCCC[C@H](CC=O)OC(C)(C)OC. The lowest BCUT2D eigenvalue weighted by Gasteiger charge is -2.28. The van der Waals surface area contributed by atoms with Crippen LogP contribution in [0.2, 0.25) is 0 Å². The fraction of sp³-hybridized carbons (Fsp3) is 0.944. The zero-order chi connectivity index (χ0) is 16.0. The number of hydrogen-bond acceptors (Lipinski definition) is 3. The number of unbranched alkanes of at least 4 members (excludes halogenated alkanes) is 8. The van der Waals surface area contributed by atoms with Crippen molar-refractivity contribution in [3.8, 4) is 0 Å². The minimum absolute atomic E-state index is 0.0120. The predicted octanol–water partition coefficient (Wildman–Crippen LogP) is 5.26. The second kappa shape index (κ2) is 13.3. The van der Waals surface area contributed by atoms with Gasteiger partial charge >= 0.3 is 0 Å². The van der Waals surface area contributed by atoms with E-state index in [1.54, 1.807) is 7.11 Å². The third-order valence-electron chi connectivity index (χ3n) is 3.93. The molecule has 0 bridgehead atoms. The zero-order valence-corrected chi connectivity index (χ0v) is 14.7. The molecule has 21 heavy (non-hydrogen) atoms. The molecule has 3 heteroatoms. The van der Waals surface area contributed by atoms with Crippen molar-refractivity contribution in [3.05, 3.63) is 0 Å². The minimum Gasteiger partial charge on any atom is -0.354 e. The van der Waals surface area contributed by atoms with E-state index in [4.69, 9.17) is 9.47 Å². The maximum absolute atomic E-state index is 10.7. The van der Waals surface area contributed by atoms with Gasteiger partial charge in [0.25, 0.3) is 0 Å². The van der Waals surface area contributed by atoms with Gasteiger partial charge in [-0.3, -0.25) is 0 Å². The van der Waals surface area contributed by atoms with Gasteiger partial charge < -0.3 is 14.3 Å². The van der Waals surface area contributed by atoms with Gasteiger partial charge in [-0.05, 0) is 20.3 Å². The molecule has 0 saturated carbocycles. The summed E-state index contributed by atoms with van der Waals surface area (Å²) in [5.74, 6) is -0.604. The van der Waals surface area contributed by atoms with Crippen LogP contribution in [0, 0.1) is 0 Å². The van der Waals surface area contributed by atoms with Crippen molar-refractivity contribution in [2.75, 3.05) is 7.11 Å². The van der Waals surface area contributed by atoms with Gasteiger partial charge in [-0.1, -0.05) is 64.7 Å². The average molecular weight is 300 g/mol. The third kappa shape index (κ3) is 13.0. The first-order valence-corrected chi connectivity index (χ1v) is 8.72. The first kappa shape index (κ1) is 20.6. The smallest absolute Gasteiger partial charge is 0.162 e. The second-order valence-electron chi connectivity index (χ2n) is 6.36. The number of methoxy groups -OCH3 is 1. The van der Waals surface area contributed by atoms with E-state index in [1.165, 1.54) is 51.4 Å². The van der Waals surface area contributed by atoms with Gasteiger partial charge in [0.1, 0.15) is 6.29 Å². The highest BCUT2D eigenvalue weighted by Gasteiger charge is 2.22. The van der Waals surface area contributed by atoms with Crippen LogP contribution in [0.3, 0.4) is 0 Å². The summed E-state index contributed by atoms with van der Waals surface area (Å²) in [6, 6.07) is 0. The summed E-state index contributed by atoms with van der Waals surface area (Å²) in [5.41, 5.74) is 0. The topological polar surface area (TPSA) is 35.5 Å². The van der Waals surface area contributed by atoms with Crippen LogP contribution < -0.4 is 0 Å². The molecule has 0 aromatic heterocycles. The van der Waals surface area contributed by atoms with Crippen molar-refractivity contribution in [1.29, 1.82) is 0 Å². The molecule has 0 heterocycles. The molecule has 0 unspecified atom stereocenters. The molecule has 0 aliphatic heterocycles. The second-order valence-corrected chi connectivity index (χ2v) is 6.36. The number of hydrogen-bond donors (Lipinski definition) is 0. The first-order valence-electron chi connectivity index (χ1n) is 8.72.